The monoisotopic (exact) mass is 482 g/mol. The zero-order valence-electron chi connectivity index (χ0n) is 21.4. The maximum Gasteiger partial charge on any atom is 0.163 e. The number of ketones is 1. The molecule has 2 unspecified atom stereocenters. The summed E-state index contributed by atoms with van der Waals surface area (Å²) < 4.78 is 11.3. The van der Waals surface area contributed by atoms with Crippen molar-refractivity contribution in [2.75, 3.05) is 24.4 Å². The van der Waals surface area contributed by atoms with Gasteiger partial charge in [-0.25, -0.2) is 0 Å². The van der Waals surface area contributed by atoms with Gasteiger partial charge in [-0.3, -0.25) is 4.79 Å². The Kier molecular flexibility index (Phi) is 6.73. The van der Waals surface area contributed by atoms with Crippen LogP contribution in [0.3, 0.4) is 0 Å². The molecule has 36 heavy (non-hydrogen) atoms. The largest absolute Gasteiger partial charge is 0.493 e. The minimum atomic E-state index is -0.208. The molecule has 2 atom stereocenters. The van der Waals surface area contributed by atoms with Crippen LogP contribution in [0, 0.1) is 0 Å². The van der Waals surface area contributed by atoms with E-state index in [1.807, 2.05) is 31.2 Å². The molecular weight excluding hydrogens is 448 g/mol. The second kappa shape index (κ2) is 10.1. The van der Waals surface area contributed by atoms with Crippen LogP contribution in [-0.4, -0.2) is 19.5 Å². The fourth-order valence-corrected chi connectivity index (χ4v) is 5.26. The van der Waals surface area contributed by atoms with Crippen molar-refractivity contribution in [2.24, 2.45) is 0 Å². The summed E-state index contributed by atoms with van der Waals surface area (Å²) in [5.41, 5.74) is 7.28. The Morgan fingerprint density at radius 3 is 2.33 bits per heavy atom. The highest BCUT2D eigenvalue weighted by atomic mass is 16.5. The van der Waals surface area contributed by atoms with Crippen LogP contribution in [-0.2, 0) is 4.79 Å². The molecule has 0 saturated heterocycles. The van der Waals surface area contributed by atoms with Crippen molar-refractivity contribution in [2.45, 2.75) is 51.5 Å². The molecule has 0 aromatic heterocycles. The average Bonchev–Trinajstić information content (AvgIpc) is 3.06. The first kappa shape index (κ1) is 24.0. The van der Waals surface area contributed by atoms with E-state index in [0.29, 0.717) is 24.7 Å². The normalized spacial score (nSPS) is 19.1. The molecule has 2 aliphatic rings. The number of carbonyl (C=O) groups is 1. The van der Waals surface area contributed by atoms with Crippen LogP contribution in [0.25, 0.3) is 0 Å². The quantitative estimate of drug-likeness (QED) is 0.389. The van der Waals surface area contributed by atoms with Crippen molar-refractivity contribution >= 4 is 17.2 Å². The topological polar surface area (TPSA) is 59.6 Å². The molecule has 1 heterocycles. The number of hydrogen-bond donors (Lipinski definition) is 2. The molecule has 5 heteroatoms. The summed E-state index contributed by atoms with van der Waals surface area (Å²) in [6.45, 7) is 6.92. The van der Waals surface area contributed by atoms with Gasteiger partial charge in [0.05, 0.1) is 31.1 Å². The molecule has 0 amide bonds. The molecule has 0 saturated carbocycles. The number of anilines is 2. The Hall–Kier alpha value is -3.73. The Morgan fingerprint density at radius 2 is 1.64 bits per heavy atom. The zero-order valence-corrected chi connectivity index (χ0v) is 21.4. The molecule has 2 N–H and O–H groups in total. The second-order valence-corrected chi connectivity index (χ2v) is 9.83. The smallest absolute Gasteiger partial charge is 0.163 e. The number of fused-ring (bicyclic) bond motifs is 1. The van der Waals surface area contributed by atoms with Gasteiger partial charge in [-0.1, -0.05) is 56.3 Å². The number of para-hydroxylation sites is 2. The summed E-state index contributed by atoms with van der Waals surface area (Å²) in [5, 5.41) is 7.29. The number of ether oxygens (including phenoxy) is 2. The van der Waals surface area contributed by atoms with Crippen LogP contribution in [0.5, 0.6) is 11.5 Å². The molecule has 0 radical (unpaired) electrons. The Bertz CT molecular complexity index is 1290. The molecule has 5 nitrogen and oxygen atoms in total. The van der Waals surface area contributed by atoms with E-state index >= 15 is 0 Å². The van der Waals surface area contributed by atoms with Crippen molar-refractivity contribution in [3.05, 3.63) is 94.7 Å². The Morgan fingerprint density at radius 1 is 0.917 bits per heavy atom. The van der Waals surface area contributed by atoms with Gasteiger partial charge in [0.1, 0.15) is 0 Å². The van der Waals surface area contributed by atoms with Crippen molar-refractivity contribution in [3.8, 4) is 11.5 Å². The third kappa shape index (κ3) is 4.58. The van der Waals surface area contributed by atoms with E-state index in [0.717, 1.165) is 45.9 Å². The zero-order chi connectivity index (χ0) is 25.2. The first-order valence-electron chi connectivity index (χ1n) is 12.8. The van der Waals surface area contributed by atoms with Crippen LogP contribution < -0.4 is 20.1 Å². The van der Waals surface area contributed by atoms with Crippen molar-refractivity contribution < 1.29 is 14.3 Å². The van der Waals surface area contributed by atoms with E-state index < -0.39 is 0 Å². The van der Waals surface area contributed by atoms with Gasteiger partial charge in [0, 0.05) is 17.7 Å². The van der Waals surface area contributed by atoms with E-state index in [-0.39, 0.29) is 17.7 Å². The first-order chi connectivity index (χ1) is 17.5. The molecule has 3 aromatic rings. The van der Waals surface area contributed by atoms with Gasteiger partial charge >= 0.3 is 0 Å². The predicted octanol–water partition coefficient (Wildman–Crippen LogP) is 7.20. The number of allylic oxidation sites excluding steroid dienone is 1. The summed E-state index contributed by atoms with van der Waals surface area (Å²) in [4.78, 5) is 13.8. The lowest BCUT2D eigenvalue weighted by atomic mass is 9.78. The number of hydrogen-bond acceptors (Lipinski definition) is 5. The van der Waals surface area contributed by atoms with E-state index in [1.54, 1.807) is 7.11 Å². The Balaban J connectivity index is 1.54. The fraction of sp³-hybridized carbons (Fsp3) is 0.323. The molecule has 0 bridgehead atoms. The lowest BCUT2D eigenvalue weighted by Crippen LogP contribution is -2.27. The number of benzene rings is 3. The highest BCUT2D eigenvalue weighted by Gasteiger charge is 2.36. The predicted molar refractivity (Wildman–Crippen MR) is 145 cm³/mol. The van der Waals surface area contributed by atoms with Crippen LogP contribution in [0.15, 0.2) is 78.0 Å². The summed E-state index contributed by atoms with van der Waals surface area (Å²) in [5.74, 6) is 2.11. The first-order valence-corrected chi connectivity index (χ1v) is 12.8. The maximum absolute atomic E-state index is 13.8. The molecule has 1 aliphatic heterocycles. The van der Waals surface area contributed by atoms with Gasteiger partial charge in [-0.2, -0.15) is 0 Å². The molecule has 0 spiro atoms. The molecule has 0 fully saturated rings. The van der Waals surface area contributed by atoms with Crippen LogP contribution in [0.1, 0.15) is 68.2 Å². The van der Waals surface area contributed by atoms with Crippen molar-refractivity contribution in [3.63, 3.8) is 0 Å². The summed E-state index contributed by atoms with van der Waals surface area (Å²) in [6, 6.07) is 22.6. The molecular formula is C31H34N2O3. The summed E-state index contributed by atoms with van der Waals surface area (Å²) in [7, 11) is 1.65. The van der Waals surface area contributed by atoms with Gasteiger partial charge in [0.15, 0.2) is 17.3 Å². The lowest BCUT2D eigenvalue weighted by molar-refractivity contribution is -0.116. The lowest BCUT2D eigenvalue weighted by Gasteiger charge is -2.30. The minimum Gasteiger partial charge on any atom is -0.493 e. The van der Waals surface area contributed by atoms with Crippen LogP contribution in [0.4, 0.5) is 11.4 Å². The maximum atomic E-state index is 13.8. The third-order valence-corrected chi connectivity index (χ3v) is 7.20. The van der Waals surface area contributed by atoms with Crippen molar-refractivity contribution in [1.29, 1.82) is 0 Å². The van der Waals surface area contributed by atoms with Gasteiger partial charge in [-0.05, 0) is 66.1 Å². The van der Waals surface area contributed by atoms with Crippen LogP contribution >= 0.6 is 0 Å². The van der Waals surface area contributed by atoms with E-state index in [4.69, 9.17) is 9.47 Å². The van der Waals surface area contributed by atoms with Gasteiger partial charge in [0.2, 0.25) is 0 Å². The minimum absolute atomic E-state index is 0.0579. The number of Topliss-reactive ketones (excluding diaryl/α,β-unsaturated/α-hetero) is 1. The average molecular weight is 483 g/mol. The standard InChI is InChI=1S/C31H34N2O3/c1-5-36-28-15-14-22(18-29(28)35-4)23-16-26-30(27(34)17-23)31(21-12-10-20(11-13-21)19(2)3)33-25-9-7-6-8-24(25)32-26/h6-15,18-19,23,31-33H,5,16-17H2,1-4H3. The summed E-state index contributed by atoms with van der Waals surface area (Å²) >= 11 is 0. The van der Waals surface area contributed by atoms with E-state index in [1.165, 1.54) is 5.56 Å². The highest BCUT2D eigenvalue weighted by Crippen LogP contribution is 2.45. The van der Waals surface area contributed by atoms with Gasteiger partial charge < -0.3 is 20.1 Å². The fourth-order valence-electron chi connectivity index (χ4n) is 5.26. The highest BCUT2D eigenvalue weighted by molar-refractivity contribution is 6.01. The number of rotatable bonds is 6. The number of nitrogens with one attached hydrogen (secondary N) is 2. The summed E-state index contributed by atoms with van der Waals surface area (Å²) in [6.07, 6.45) is 1.20. The van der Waals surface area contributed by atoms with Gasteiger partial charge in [0.25, 0.3) is 0 Å². The molecule has 5 rings (SSSR count). The third-order valence-electron chi connectivity index (χ3n) is 7.20. The molecule has 186 valence electrons. The number of carbonyl (C=O) groups excluding carboxylic acids is 1. The SMILES string of the molecule is CCOc1ccc(C2CC(=O)C3=C(C2)Nc2ccccc2NC3c2ccc(C(C)C)cc2)cc1OC. The van der Waals surface area contributed by atoms with E-state index in [9.17, 15) is 4.79 Å². The number of methoxy groups -OCH3 is 1. The van der Waals surface area contributed by atoms with E-state index in [2.05, 4.69) is 66.9 Å². The van der Waals surface area contributed by atoms with Crippen molar-refractivity contribution in [1.82, 2.24) is 0 Å². The molecule has 1 aliphatic carbocycles. The second-order valence-electron chi connectivity index (χ2n) is 9.83. The van der Waals surface area contributed by atoms with Crippen LogP contribution in [0.2, 0.25) is 0 Å². The van der Waals surface area contributed by atoms with Gasteiger partial charge in [-0.15, -0.1) is 0 Å². The molecule has 3 aromatic carbocycles. The Labute approximate surface area is 213 Å².